The highest BCUT2D eigenvalue weighted by Gasteiger charge is 2.23. The average Bonchev–Trinajstić information content (AvgIpc) is 2.72. The van der Waals surface area contributed by atoms with Crippen molar-refractivity contribution < 1.29 is 9.53 Å². The molecule has 0 fully saturated rings. The van der Waals surface area contributed by atoms with E-state index in [1.165, 1.54) is 11.1 Å². The fourth-order valence-corrected chi connectivity index (χ4v) is 2.43. The molecule has 0 saturated heterocycles. The Morgan fingerprint density at radius 3 is 3.06 bits per heavy atom. The van der Waals surface area contributed by atoms with Crippen LogP contribution in [0, 0.1) is 0 Å². The van der Waals surface area contributed by atoms with E-state index in [0.717, 1.165) is 38.2 Å². The zero-order chi connectivity index (χ0) is 13.0. The van der Waals surface area contributed by atoms with Crippen LogP contribution in [0.25, 0.3) is 0 Å². The summed E-state index contributed by atoms with van der Waals surface area (Å²) in [5, 5.41) is 2.85. The van der Waals surface area contributed by atoms with Gasteiger partial charge in [-0.05, 0) is 24.5 Å². The summed E-state index contributed by atoms with van der Waals surface area (Å²) < 4.78 is 5.69. The van der Waals surface area contributed by atoms with Crippen molar-refractivity contribution in [1.29, 1.82) is 0 Å². The number of ether oxygens (including phenoxy) is 1. The molecule has 1 aromatic carbocycles. The summed E-state index contributed by atoms with van der Waals surface area (Å²) in [4.78, 5) is 10.9. The Morgan fingerprint density at radius 1 is 1.50 bits per heavy atom. The Bertz CT molecular complexity index is 429. The van der Waals surface area contributed by atoms with Crippen LogP contribution in [0.15, 0.2) is 18.2 Å². The minimum Gasteiger partial charge on any atom is -0.493 e. The first-order valence-electron chi connectivity index (χ1n) is 6.70. The van der Waals surface area contributed by atoms with Crippen LogP contribution in [0.3, 0.4) is 0 Å². The molecule has 0 bridgehead atoms. The zero-order valence-corrected chi connectivity index (χ0v) is 11.2. The van der Waals surface area contributed by atoms with Gasteiger partial charge in [0.2, 0.25) is 5.91 Å². The van der Waals surface area contributed by atoms with Gasteiger partial charge in [-0.15, -0.1) is 0 Å². The molecule has 1 amide bonds. The fraction of sp³-hybridized carbons (Fsp3) is 0.533. The molecule has 0 aliphatic carbocycles. The number of nitrogens with one attached hydrogen (secondary N) is 1. The van der Waals surface area contributed by atoms with Crippen LogP contribution >= 0.6 is 0 Å². The van der Waals surface area contributed by atoms with Crippen LogP contribution < -0.4 is 10.1 Å². The molecule has 0 radical (unpaired) electrons. The van der Waals surface area contributed by atoms with Crippen molar-refractivity contribution in [3.63, 3.8) is 0 Å². The molecule has 1 N–H and O–H groups in total. The Morgan fingerprint density at radius 2 is 2.33 bits per heavy atom. The minimum absolute atomic E-state index is 0.0360. The Balaban J connectivity index is 2.01. The van der Waals surface area contributed by atoms with E-state index in [1.54, 1.807) is 6.92 Å². The Hall–Kier alpha value is -1.51. The fourth-order valence-electron chi connectivity index (χ4n) is 2.43. The summed E-state index contributed by atoms with van der Waals surface area (Å²) in [5.74, 6) is 1.47. The molecule has 1 aliphatic rings. The number of fused-ring (bicyclic) bond motifs is 1. The molecule has 2 rings (SSSR count). The Labute approximate surface area is 109 Å². The summed E-state index contributed by atoms with van der Waals surface area (Å²) in [6.45, 7) is 5.21. The van der Waals surface area contributed by atoms with Gasteiger partial charge in [-0.2, -0.15) is 0 Å². The summed E-state index contributed by atoms with van der Waals surface area (Å²) in [5.41, 5.74) is 2.69. The normalized spacial score (nSPS) is 17.1. The monoisotopic (exact) mass is 247 g/mol. The number of amides is 1. The largest absolute Gasteiger partial charge is 0.493 e. The molecule has 1 unspecified atom stereocenters. The van der Waals surface area contributed by atoms with Gasteiger partial charge in [-0.25, -0.2) is 0 Å². The number of carbonyl (C=O) groups excluding carboxylic acids is 1. The first kappa shape index (κ1) is 12.9. The molecule has 1 atom stereocenters. The van der Waals surface area contributed by atoms with Crippen LogP contribution in [0.2, 0.25) is 0 Å². The number of hydrogen-bond acceptors (Lipinski definition) is 2. The number of carbonyl (C=O) groups is 1. The number of aryl methyl sites for hydroxylation is 1. The minimum atomic E-state index is 0.0360. The van der Waals surface area contributed by atoms with E-state index in [9.17, 15) is 4.79 Å². The highest BCUT2D eigenvalue weighted by Crippen LogP contribution is 2.36. The van der Waals surface area contributed by atoms with Crippen molar-refractivity contribution in [3.05, 3.63) is 29.3 Å². The molecule has 3 nitrogen and oxygen atoms in total. The molecule has 1 aromatic rings. The van der Waals surface area contributed by atoms with Crippen LogP contribution in [-0.2, 0) is 11.2 Å². The van der Waals surface area contributed by atoms with Crippen LogP contribution in [-0.4, -0.2) is 19.1 Å². The van der Waals surface area contributed by atoms with Crippen molar-refractivity contribution in [2.24, 2.45) is 0 Å². The van der Waals surface area contributed by atoms with Gasteiger partial charge in [0, 0.05) is 24.9 Å². The number of benzene rings is 1. The van der Waals surface area contributed by atoms with Crippen LogP contribution in [0.4, 0.5) is 0 Å². The van der Waals surface area contributed by atoms with Gasteiger partial charge in [0.15, 0.2) is 0 Å². The molecule has 0 saturated carbocycles. The predicted molar refractivity (Wildman–Crippen MR) is 72.0 cm³/mol. The van der Waals surface area contributed by atoms with Gasteiger partial charge in [-0.3, -0.25) is 4.79 Å². The van der Waals surface area contributed by atoms with Gasteiger partial charge < -0.3 is 10.1 Å². The highest BCUT2D eigenvalue weighted by molar-refractivity contribution is 5.72. The average molecular weight is 247 g/mol. The standard InChI is InChI=1S/C15H21NO2/c1-3-4-12-5-6-15-14(9-12)13(10-18-15)7-8-16-11(2)17/h5-6,9,13H,3-4,7-8,10H2,1-2H3,(H,16,17). The van der Waals surface area contributed by atoms with Crippen molar-refractivity contribution >= 4 is 5.91 Å². The highest BCUT2D eigenvalue weighted by atomic mass is 16.5. The lowest BCUT2D eigenvalue weighted by molar-refractivity contribution is -0.118. The van der Waals surface area contributed by atoms with Crippen LogP contribution in [0.5, 0.6) is 5.75 Å². The molecule has 3 heteroatoms. The van der Waals surface area contributed by atoms with Crippen molar-refractivity contribution in [3.8, 4) is 5.75 Å². The van der Waals surface area contributed by atoms with Crippen molar-refractivity contribution in [1.82, 2.24) is 5.32 Å². The van der Waals surface area contributed by atoms with E-state index in [-0.39, 0.29) is 5.91 Å². The topological polar surface area (TPSA) is 38.3 Å². The first-order valence-corrected chi connectivity index (χ1v) is 6.70. The maximum absolute atomic E-state index is 10.9. The molecular formula is C15H21NO2. The SMILES string of the molecule is CCCc1ccc2c(c1)C(CCNC(C)=O)CO2. The number of rotatable bonds is 5. The van der Waals surface area contributed by atoms with E-state index >= 15 is 0 Å². The lowest BCUT2D eigenvalue weighted by Gasteiger charge is -2.10. The smallest absolute Gasteiger partial charge is 0.216 e. The van der Waals surface area contributed by atoms with Gasteiger partial charge in [0.05, 0.1) is 6.61 Å². The second-order valence-electron chi connectivity index (χ2n) is 4.90. The third-order valence-corrected chi connectivity index (χ3v) is 3.36. The van der Waals surface area contributed by atoms with Gasteiger partial charge >= 0.3 is 0 Å². The predicted octanol–water partition coefficient (Wildman–Crippen LogP) is 2.64. The molecule has 0 spiro atoms. The summed E-state index contributed by atoms with van der Waals surface area (Å²) in [6.07, 6.45) is 3.23. The Kier molecular flexibility index (Phi) is 4.24. The maximum Gasteiger partial charge on any atom is 0.216 e. The van der Waals surface area contributed by atoms with Gasteiger partial charge in [0.25, 0.3) is 0 Å². The maximum atomic E-state index is 10.9. The first-order chi connectivity index (χ1) is 8.70. The molecular weight excluding hydrogens is 226 g/mol. The second kappa shape index (κ2) is 5.89. The van der Waals surface area contributed by atoms with E-state index in [2.05, 4.69) is 30.4 Å². The zero-order valence-electron chi connectivity index (χ0n) is 11.2. The lowest BCUT2D eigenvalue weighted by Crippen LogP contribution is -2.22. The van der Waals surface area contributed by atoms with Gasteiger partial charge in [0.1, 0.15) is 5.75 Å². The van der Waals surface area contributed by atoms with Crippen molar-refractivity contribution in [2.45, 2.75) is 39.0 Å². The van der Waals surface area contributed by atoms with Gasteiger partial charge in [-0.1, -0.05) is 25.5 Å². The third-order valence-electron chi connectivity index (χ3n) is 3.36. The quantitative estimate of drug-likeness (QED) is 0.868. The molecule has 0 aromatic heterocycles. The number of hydrogen-bond donors (Lipinski definition) is 1. The second-order valence-corrected chi connectivity index (χ2v) is 4.90. The lowest BCUT2D eigenvalue weighted by atomic mass is 9.95. The van der Waals surface area contributed by atoms with E-state index in [0.29, 0.717) is 5.92 Å². The molecule has 98 valence electrons. The molecule has 1 heterocycles. The third kappa shape index (κ3) is 3.03. The van der Waals surface area contributed by atoms with E-state index < -0.39 is 0 Å². The van der Waals surface area contributed by atoms with E-state index in [1.807, 2.05) is 0 Å². The molecule has 1 aliphatic heterocycles. The summed E-state index contributed by atoms with van der Waals surface area (Å²) in [7, 11) is 0. The van der Waals surface area contributed by atoms with Crippen molar-refractivity contribution in [2.75, 3.05) is 13.2 Å². The van der Waals surface area contributed by atoms with E-state index in [4.69, 9.17) is 4.74 Å². The molecule has 18 heavy (non-hydrogen) atoms. The summed E-state index contributed by atoms with van der Waals surface area (Å²) >= 11 is 0. The summed E-state index contributed by atoms with van der Waals surface area (Å²) in [6, 6.07) is 6.50. The van der Waals surface area contributed by atoms with Crippen LogP contribution in [0.1, 0.15) is 43.7 Å².